The molecule has 27 heavy (non-hydrogen) atoms. The number of benzene rings is 1. The van der Waals surface area contributed by atoms with Crippen LogP contribution in [-0.2, 0) is 22.6 Å². The number of ether oxygens (including phenoxy) is 1. The number of carbonyl (C=O) groups excluding carboxylic acids is 1. The van der Waals surface area contributed by atoms with Crippen molar-refractivity contribution in [1.29, 1.82) is 0 Å². The summed E-state index contributed by atoms with van der Waals surface area (Å²) in [5.41, 5.74) is 1.61. The molecule has 0 spiro atoms. The van der Waals surface area contributed by atoms with E-state index in [4.69, 9.17) is 4.74 Å². The van der Waals surface area contributed by atoms with E-state index in [9.17, 15) is 9.18 Å². The fourth-order valence-electron chi connectivity index (χ4n) is 2.53. The second-order valence-electron chi connectivity index (χ2n) is 5.79. The van der Waals surface area contributed by atoms with Crippen molar-refractivity contribution in [2.75, 3.05) is 25.1 Å². The summed E-state index contributed by atoms with van der Waals surface area (Å²) in [6, 6.07) is 6.28. The molecule has 142 valence electrons. The predicted molar refractivity (Wildman–Crippen MR) is 98.6 cm³/mol. The normalized spacial score (nSPS) is 10.9. The Morgan fingerprint density at radius 2 is 2.07 bits per heavy atom. The van der Waals surface area contributed by atoms with Gasteiger partial charge in [-0.1, -0.05) is 12.1 Å². The third-order valence-corrected chi connectivity index (χ3v) is 3.89. The molecular weight excluding hydrogens is 351 g/mol. The summed E-state index contributed by atoms with van der Waals surface area (Å²) in [5, 5.41) is 11.1. The molecule has 3 rings (SSSR count). The minimum absolute atomic E-state index is 0.0516. The van der Waals surface area contributed by atoms with E-state index in [1.165, 1.54) is 18.5 Å². The largest absolute Gasteiger partial charge is 0.372 e. The summed E-state index contributed by atoms with van der Waals surface area (Å²) in [6.45, 7) is 3.80. The summed E-state index contributed by atoms with van der Waals surface area (Å²) in [5.74, 6) is 0.221. The molecule has 9 heteroatoms. The maximum absolute atomic E-state index is 13.0. The lowest BCUT2D eigenvalue weighted by Gasteiger charge is -2.08. The Hall–Kier alpha value is -3.07. The van der Waals surface area contributed by atoms with E-state index < -0.39 is 0 Å². The highest BCUT2D eigenvalue weighted by molar-refractivity contribution is 5.86. The van der Waals surface area contributed by atoms with Gasteiger partial charge >= 0.3 is 0 Å². The van der Waals surface area contributed by atoms with Crippen LogP contribution in [0.25, 0.3) is 11.0 Å². The topological polar surface area (TPSA) is 94.0 Å². The molecule has 0 aliphatic heterocycles. The van der Waals surface area contributed by atoms with E-state index >= 15 is 0 Å². The Morgan fingerprint density at radius 3 is 2.85 bits per heavy atom. The molecule has 0 bridgehead atoms. The average Bonchev–Trinajstić information content (AvgIpc) is 3.10. The lowest BCUT2D eigenvalue weighted by molar-refractivity contribution is -0.125. The van der Waals surface area contributed by atoms with Gasteiger partial charge < -0.3 is 15.4 Å². The van der Waals surface area contributed by atoms with Gasteiger partial charge in [-0.05, 0) is 24.6 Å². The lowest BCUT2D eigenvalue weighted by Crippen LogP contribution is -2.30. The summed E-state index contributed by atoms with van der Waals surface area (Å²) in [4.78, 5) is 20.1. The molecule has 2 heterocycles. The van der Waals surface area contributed by atoms with Crippen LogP contribution in [0.3, 0.4) is 0 Å². The van der Waals surface area contributed by atoms with Crippen molar-refractivity contribution in [2.24, 2.45) is 0 Å². The Kier molecular flexibility index (Phi) is 6.26. The van der Waals surface area contributed by atoms with Crippen LogP contribution in [0.2, 0.25) is 0 Å². The first-order chi connectivity index (χ1) is 13.2. The number of hydrogen-bond donors (Lipinski definition) is 2. The summed E-state index contributed by atoms with van der Waals surface area (Å²) in [6.07, 6.45) is 3.14. The van der Waals surface area contributed by atoms with E-state index in [2.05, 4.69) is 25.7 Å². The van der Waals surface area contributed by atoms with E-state index in [0.29, 0.717) is 37.7 Å². The number of halogens is 1. The summed E-state index contributed by atoms with van der Waals surface area (Å²) >= 11 is 0. The molecule has 8 nitrogen and oxygen atoms in total. The van der Waals surface area contributed by atoms with Gasteiger partial charge in [0.15, 0.2) is 5.65 Å². The van der Waals surface area contributed by atoms with Crippen LogP contribution >= 0.6 is 0 Å². The fraction of sp³-hybridized carbons (Fsp3) is 0.333. The second kappa shape index (κ2) is 9.04. The molecule has 0 aliphatic rings. The van der Waals surface area contributed by atoms with Crippen LogP contribution in [0.5, 0.6) is 0 Å². The molecule has 0 aliphatic carbocycles. The predicted octanol–water partition coefficient (Wildman–Crippen LogP) is 1.73. The molecule has 0 unspecified atom stereocenters. The molecule has 1 aromatic carbocycles. The van der Waals surface area contributed by atoms with E-state index in [0.717, 1.165) is 10.9 Å². The van der Waals surface area contributed by atoms with Crippen molar-refractivity contribution < 1.29 is 13.9 Å². The van der Waals surface area contributed by atoms with Gasteiger partial charge in [0.1, 0.15) is 24.6 Å². The van der Waals surface area contributed by atoms with Crippen LogP contribution in [0.4, 0.5) is 10.2 Å². The Balaban J connectivity index is 1.62. The standard InChI is InChI=1S/C18H21FN6O2/c1-2-27-11-16(26)20-7-8-25-18-15(10-24-25)17(22-12-23-18)21-9-13-3-5-14(19)6-4-13/h3-6,10,12H,2,7-9,11H2,1H3,(H,20,26)(H,21,22,23). The van der Waals surface area contributed by atoms with Crippen LogP contribution in [0, 0.1) is 5.82 Å². The first kappa shape index (κ1) is 18.7. The van der Waals surface area contributed by atoms with Gasteiger partial charge in [-0.15, -0.1) is 0 Å². The molecule has 0 saturated carbocycles. The van der Waals surface area contributed by atoms with Crippen LogP contribution < -0.4 is 10.6 Å². The average molecular weight is 372 g/mol. The highest BCUT2D eigenvalue weighted by Gasteiger charge is 2.10. The van der Waals surface area contributed by atoms with E-state index in [1.54, 1.807) is 23.0 Å². The quantitative estimate of drug-likeness (QED) is 0.594. The van der Waals surface area contributed by atoms with Gasteiger partial charge in [-0.3, -0.25) is 4.79 Å². The number of hydrogen-bond acceptors (Lipinski definition) is 6. The number of nitrogens with zero attached hydrogens (tertiary/aromatic N) is 4. The Bertz CT molecular complexity index is 897. The SMILES string of the molecule is CCOCC(=O)NCCn1ncc2c(NCc3ccc(F)cc3)ncnc21. The molecule has 1 amide bonds. The summed E-state index contributed by atoms with van der Waals surface area (Å²) < 4.78 is 19.8. The van der Waals surface area contributed by atoms with E-state index in [-0.39, 0.29) is 18.3 Å². The molecule has 0 saturated heterocycles. The third-order valence-electron chi connectivity index (χ3n) is 3.89. The molecule has 2 N–H and O–H groups in total. The van der Waals surface area contributed by atoms with Gasteiger partial charge in [0.2, 0.25) is 5.91 Å². The number of amides is 1. The Labute approximate surface area is 155 Å². The van der Waals surface area contributed by atoms with Gasteiger partial charge in [-0.25, -0.2) is 19.0 Å². The third kappa shape index (κ3) is 4.98. The minimum atomic E-state index is -0.266. The van der Waals surface area contributed by atoms with Gasteiger partial charge in [-0.2, -0.15) is 5.10 Å². The fourth-order valence-corrected chi connectivity index (χ4v) is 2.53. The molecule has 0 atom stereocenters. The van der Waals surface area contributed by atoms with Gasteiger partial charge in [0, 0.05) is 19.7 Å². The van der Waals surface area contributed by atoms with Crippen molar-refractivity contribution in [3.8, 4) is 0 Å². The van der Waals surface area contributed by atoms with Crippen molar-refractivity contribution in [3.05, 3.63) is 48.2 Å². The van der Waals surface area contributed by atoms with Crippen molar-refractivity contribution in [3.63, 3.8) is 0 Å². The monoisotopic (exact) mass is 372 g/mol. The molecule has 3 aromatic rings. The number of aromatic nitrogens is 4. The number of carbonyl (C=O) groups is 1. The van der Waals surface area contributed by atoms with Gasteiger partial charge in [0.25, 0.3) is 0 Å². The van der Waals surface area contributed by atoms with Crippen molar-refractivity contribution in [2.45, 2.75) is 20.0 Å². The van der Waals surface area contributed by atoms with Crippen LogP contribution in [0.1, 0.15) is 12.5 Å². The van der Waals surface area contributed by atoms with Gasteiger partial charge in [0.05, 0.1) is 18.1 Å². The van der Waals surface area contributed by atoms with E-state index in [1.807, 2.05) is 6.92 Å². The van der Waals surface area contributed by atoms with Crippen molar-refractivity contribution in [1.82, 2.24) is 25.1 Å². The maximum atomic E-state index is 13.0. The zero-order chi connectivity index (χ0) is 19.1. The molecular formula is C18H21FN6O2. The highest BCUT2D eigenvalue weighted by Crippen LogP contribution is 2.19. The number of fused-ring (bicyclic) bond motifs is 1. The zero-order valence-corrected chi connectivity index (χ0v) is 15.0. The Morgan fingerprint density at radius 1 is 1.26 bits per heavy atom. The summed E-state index contributed by atoms with van der Waals surface area (Å²) in [7, 11) is 0. The van der Waals surface area contributed by atoms with Crippen LogP contribution in [-0.4, -0.2) is 45.4 Å². The minimum Gasteiger partial charge on any atom is -0.372 e. The first-order valence-corrected chi connectivity index (χ1v) is 8.66. The smallest absolute Gasteiger partial charge is 0.246 e. The van der Waals surface area contributed by atoms with Crippen molar-refractivity contribution >= 4 is 22.8 Å². The highest BCUT2D eigenvalue weighted by atomic mass is 19.1. The zero-order valence-electron chi connectivity index (χ0n) is 15.0. The lowest BCUT2D eigenvalue weighted by atomic mass is 10.2. The second-order valence-corrected chi connectivity index (χ2v) is 5.79. The maximum Gasteiger partial charge on any atom is 0.246 e. The van der Waals surface area contributed by atoms with Crippen LogP contribution in [0.15, 0.2) is 36.8 Å². The molecule has 2 aromatic heterocycles. The number of nitrogens with one attached hydrogen (secondary N) is 2. The number of anilines is 1. The number of rotatable bonds is 9. The molecule has 0 fully saturated rings. The molecule has 0 radical (unpaired) electrons. The first-order valence-electron chi connectivity index (χ1n) is 8.66.